The van der Waals surface area contributed by atoms with Crippen molar-refractivity contribution < 1.29 is 0 Å². The fourth-order valence-corrected chi connectivity index (χ4v) is 1.90. The van der Waals surface area contributed by atoms with Crippen LogP contribution in [-0.2, 0) is 0 Å². The SMILES string of the molecule is CN1CCCCC1Nc1ccncc1. The molecule has 1 N–H and O–H groups in total. The van der Waals surface area contributed by atoms with Gasteiger partial charge < -0.3 is 5.32 Å². The minimum absolute atomic E-state index is 0.492. The Morgan fingerprint density at radius 2 is 2.14 bits per heavy atom. The van der Waals surface area contributed by atoms with E-state index in [2.05, 4.69) is 22.2 Å². The van der Waals surface area contributed by atoms with Crippen LogP contribution in [0.3, 0.4) is 0 Å². The van der Waals surface area contributed by atoms with E-state index < -0.39 is 0 Å². The molecule has 76 valence electrons. The molecule has 3 heteroatoms. The number of hydrogen-bond acceptors (Lipinski definition) is 3. The third-order valence-corrected chi connectivity index (χ3v) is 2.78. The highest BCUT2D eigenvalue weighted by Crippen LogP contribution is 2.17. The summed E-state index contributed by atoms with van der Waals surface area (Å²) >= 11 is 0. The number of aromatic nitrogens is 1. The van der Waals surface area contributed by atoms with Gasteiger partial charge in [0.1, 0.15) is 0 Å². The summed E-state index contributed by atoms with van der Waals surface area (Å²) in [6.07, 6.45) is 8.03. The predicted octanol–water partition coefficient (Wildman–Crippen LogP) is 1.94. The summed E-state index contributed by atoms with van der Waals surface area (Å²) in [5.74, 6) is 0. The molecule has 0 radical (unpaired) electrons. The van der Waals surface area contributed by atoms with Crippen LogP contribution in [0.4, 0.5) is 5.69 Å². The van der Waals surface area contributed by atoms with E-state index in [1.807, 2.05) is 24.5 Å². The summed E-state index contributed by atoms with van der Waals surface area (Å²) < 4.78 is 0. The number of anilines is 1. The van der Waals surface area contributed by atoms with Gasteiger partial charge >= 0.3 is 0 Å². The lowest BCUT2D eigenvalue weighted by Crippen LogP contribution is -2.41. The molecule has 2 heterocycles. The van der Waals surface area contributed by atoms with Crippen molar-refractivity contribution in [3.63, 3.8) is 0 Å². The number of nitrogens with one attached hydrogen (secondary N) is 1. The Kier molecular flexibility index (Phi) is 2.99. The van der Waals surface area contributed by atoms with Gasteiger partial charge in [0, 0.05) is 18.1 Å². The molecular formula is C11H17N3. The maximum atomic E-state index is 4.00. The summed E-state index contributed by atoms with van der Waals surface area (Å²) in [5, 5.41) is 3.52. The van der Waals surface area contributed by atoms with E-state index in [1.165, 1.54) is 31.5 Å². The lowest BCUT2D eigenvalue weighted by atomic mass is 10.1. The maximum Gasteiger partial charge on any atom is 0.0790 e. The number of nitrogens with zero attached hydrogens (tertiary/aromatic N) is 2. The molecule has 0 aliphatic carbocycles. The largest absolute Gasteiger partial charge is 0.370 e. The van der Waals surface area contributed by atoms with Crippen LogP contribution in [0.2, 0.25) is 0 Å². The monoisotopic (exact) mass is 191 g/mol. The third-order valence-electron chi connectivity index (χ3n) is 2.78. The van der Waals surface area contributed by atoms with Crippen LogP contribution in [0.15, 0.2) is 24.5 Å². The predicted molar refractivity (Wildman–Crippen MR) is 58.1 cm³/mol. The summed E-state index contributed by atoms with van der Waals surface area (Å²) in [5.41, 5.74) is 1.17. The number of rotatable bonds is 2. The number of likely N-dealkylation sites (tertiary alicyclic amines) is 1. The Hall–Kier alpha value is -1.09. The first-order chi connectivity index (χ1) is 6.86. The second-order valence-corrected chi connectivity index (χ2v) is 3.87. The van der Waals surface area contributed by atoms with E-state index in [0.29, 0.717) is 6.17 Å². The molecule has 1 aromatic heterocycles. The third kappa shape index (κ3) is 2.23. The van der Waals surface area contributed by atoms with Gasteiger partial charge in [0.2, 0.25) is 0 Å². The highest BCUT2D eigenvalue weighted by atomic mass is 15.3. The molecule has 1 atom stereocenters. The zero-order chi connectivity index (χ0) is 9.80. The van der Waals surface area contributed by atoms with Crippen molar-refractivity contribution in [2.24, 2.45) is 0 Å². The van der Waals surface area contributed by atoms with E-state index in [0.717, 1.165) is 0 Å². The molecule has 1 aliphatic rings. The fraction of sp³-hybridized carbons (Fsp3) is 0.545. The minimum Gasteiger partial charge on any atom is -0.370 e. The second kappa shape index (κ2) is 4.42. The average molecular weight is 191 g/mol. The summed E-state index contributed by atoms with van der Waals surface area (Å²) in [6, 6.07) is 4.03. The van der Waals surface area contributed by atoms with Crippen molar-refractivity contribution in [2.75, 3.05) is 18.9 Å². The van der Waals surface area contributed by atoms with Crippen LogP contribution in [-0.4, -0.2) is 29.6 Å². The van der Waals surface area contributed by atoms with Gasteiger partial charge in [0.05, 0.1) is 6.17 Å². The van der Waals surface area contributed by atoms with Gasteiger partial charge in [-0.1, -0.05) is 0 Å². The molecule has 0 saturated carbocycles. The zero-order valence-electron chi connectivity index (χ0n) is 8.61. The van der Waals surface area contributed by atoms with Gasteiger partial charge in [-0.3, -0.25) is 9.88 Å². The summed E-state index contributed by atoms with van der Waals surface area (Å²) in [4.78, 5) is 6.38. The van der Waals surface area contributed by atoms with E-state index >= 15 is 0 Å². The van der Waals surface area contributed by atoms with Gasteiger partial charge in [0.15, 0.2) is 0 Å². The zero-order valence-corrected chi connectivity index (χ0v) is 8.61. The highest BCUT2D eigenvalue weighted by molar-refractivity contribution is 5.41. The fourth-order valence-electron chi connectivity index (χ4n) is 1.90. The Morgan fingerprint density at radius 3 is 2.86 bits per heavy atom. The highest BCUT2D eigenvalue weighted by Gasteiger charge is 2.17. The molecule has 1 aromatic rings. The molecule has 2 rings (SSSR count). The molecule has 0 bridgehead atoms. The van der Waals surface area contributed by atoms with Gasteiger partial charge in [-0.2, -0.15) is 0 Å². The quantitative estimate of drug-likeness (QED) is 0.774. The molecule has 14 heavy (non-hydrogen) atoms. The van der Waals surface area contributed by atoms with E-state index in [-0.39, 0.29) is 0 Å². The molecule has 1 fully saturated rings. The first kappa shape index (κ1) is 9.46. The van der Waals surface area contributed by atoms with Crippen molar-refractivity contribution in [2.45, 2.75) is 25.4 Å². The van der Waals surface area contributed by atoms with Gasteiger partial charge in [-0.15, -0.1) is 0 Å². The van der Waals surface area contributed by atoms with Crippen molar-refractivity contribution in [1.29, 1.82) is 0 Å². The number of pyridine rings is 1. The Balaban J connectivity index is 1.96. The van der Waals surface area contributed by atoms with Crippen LogP contribution >= 0.6 is 0 Å². The van der Waals surface area contributed by atoms with Crippen LogP contribution in [0, 0.1) is 0 Å². The van der Waals surface area contributed by atoms with Crippen molar-refractivity contribution in [3.8, 4) is 0 Å². The van der Waals surface area contributed by atoms with Crippen molar-refractivity contribution in [1.82, 2.24) is 9.88 Å². The molecule has 1 aliphatic heterocycles. The molecule has 0 spiro atoms. The van der Waals surface area contributed by atoms with E-state index in [9.17, 15) is 0 Å². The smallest absolute Gasteiger partial charge is 0.0790 e. The van der Waals surface area contributed by atoms with Crippen molar-refractivity contribution in [3.05, 3.63) is 24.5 Å². The Morgan fingerprint density at radius 1 is 1.36 bits per heavy atom. The molecule has 1 saturated heterocycles. The summed E-state index contributed by atoms with van der Waals surface area (Å²) in [7, 11) is 2.18. The Bertz CT molecular complexity index is 273. The van der Waals surface area contributed by atoms with E-state index in [1.54, 1.807) is 0 Å². The van der Waals surface area contributed by atoms with Gasteiger partial charge in [-0.25, -0.2) is 0 Å². The Labute approximate surface area is 85.1 Å². The van der Waals surface area contributed by atoms with Crippen LogP contribution in [0.5, 0.6) is 0 Å². The van der Waals surface area contributed by atoms with Crippen molar-refractivity contribution >= 4 is 5.69 Å². The molecule has 0 amide bonds. The first-order valence-electron chi connectivity index (χ1n) is 5.23. The second-order valence-electron chi connectivity index (χ2n) is 3.87. The normalized spacial score (nSPS) is 23.4. The van der Waals surface area contributed by atoms with Crippen LogP contribution in [0.25, 0.3) is 0 Å². The summed E-state index contributed by atoms with van der Waals surface area (Å²) in [6.45, 7) is 1.20. The lowest BCUT2D eigenvalue weighted by Gasteiger charge is -2.33. The van der Waals surface area contributed by atoms with Gasteiger partial charge in [-0.05, 0) is 45.0 Å². The molecule has 1 unspecified atom stereocenters. The van der Waals surface area contributed by atoms with Crippen LogP contribution < -0.4 is 5.32 Å². The first-order valence-corrected chi connectivity index (χ1v) is 5.23. The topological polar surface area (TPSA) is 28.2 Å². The van der Waals surface area contributed by atoms with Crippen LogP contribution in [0.1, 0.15) is 19.3 Å². The minimum atomic E-state index is 0.492. The molecular weight excluding hydrogens is 174 g/mol. The van der Waals surface area contributed by atoms with Gasteiger partial charge in [0.25, 0.3) is 0 Å². The lowest BCUT2D eigenvalue weighted by molar-refractivity contribution is 0.207. The molecule has 3 nitrogen and oxygen atoms in total. The standard InChI is InChI=1S/C11H17N3/c1-14-9-3-2-4-11(14)13-10-5-7-12-8-6-10/h5-8,11H,2-4,9H2,1H3,(H,12,13). The average Bonchev–Trinajstić information content (AvgIpc) is 2.23. The molecule has 0 aromatic carbocycles. The number of piperidine rings is 1. The number of hydrogen-bond donors (Lipinski definition) is 1. The maximum absolute atomic E-state index is 4.00. The van der Waals surface area contributed by atoms with E-state index in [4.69, 9.17) is 0 Å².